The minimum atomic E-state index is 0.245. The molecule has 20 heavy (non-hydrogen) atoms. The highest BCUT2D eigenvalue weighted by molar-refractivity contribution is 5.78. The van der Waals surface area contributed by atoms with Crippen molar-refractivity contribution in [2.75, 3.05) is 59.5 Å². The average molecular weight is 283 g/mol. The summed E-state index contributed by atoms with van der Waals surface area (Å²) < 4.78 is 5.28. The Labute approximate surface area is 122 Å². The van der Waals surface area contributed by atoms with E-state index in [1.807, 2.05) is 4.90 Å². The van der Waals surface area contributed by atoms with Crippen LogP contribution in [0.2, 0.25) is 0 Å². The van der Waals surface area contributed by atoms with Gasteiger partial charge in [-0.25, -0.2) is 0 Å². The van der Waals surface area contributed by atoms with Gasteiger partial charge in [-0.2, -0.15) is 0 Å². The number of hydrogen-bond donors (Lipinski definition) is 0. The highest BCUT2D eigenvalue weighted by Crippen LogP contribution is 2.19. The molecule has 2 fully saturated rings. The zero-order valence-corrected chi connectivity index (χ0v) is 13.2. The lowest BCUT2D eigenvalue weighted by Gasteiger charge is -2.29. The summed E-state index contributed by atoms with van der Waals surface area (Å²) in [7, 11) is 2.07. The van der Waals surface area contributed by atoms with Crippen molar-refractivity contribution in [3.05, 3.63) is 0 Å². The first-order valence-electron chi connectivity index (χ1n) is 7.84. The standard InChI is InChI=1S/C15H29N3O2/c1-13(2)18-5-4-14(11-18)10-16(3)12-15(19)17-6-8-20-9-7-17/h13-14H,4-12H2,1-3H3. The summed E-state index contributed by atoms with van der Waals surface area (Å²) in [6, 6.07) is 0.639. The first-order valence-corrected chi connectivity index (χ1v) is 7.84. The number of ether oxygens (including phenoxy) is 1. The van der Waals surface area contributed by atoms with Crippen LogP contribution in [-0.2, 0) is 9.53 Å². The molecule has 5 heteroatoms. The molecule has 0 aromatic carbocycles. The van der Waals surface area contributed by atoms with Crippen molar-refractivity contribution in [3.63, 3.8) is 0 Å². The van der Waals surface area contributed by atoms with Gasteiger partial charge >= 0.3 is 0 Å². The first kappa shape index (κ1) is 15.7. The number of likely N-dealkylation sites (N-methyl/N-ethyl adjacent to an activating group) is 1. The predicted molar refractivity (Wildman–Crippen MR) is 79.7 cm³/mol. The van der Waals surface area contributed by atoms with Crippen molar-refractivity contribution in [1.82, 2.24) is 14.7 Å². The normalized spacial score (nSPS) is 24.9. The number of nitrogens with zero attached hydrogens (tertiary/aromatic N) is 3. The van der Waals surface area contributed by atoms with Crippen LogP contribution in [0.4, 0.5) is 0 Å². The van der Waals surface area contributed by atoms with E-state index in [0.29, 0.717) is 31.7 Å². The summed E-state index contributed by atoms with van der Waals surface area (Å²) in [6.45, 7) is 11.3. The van der Waals surface area contributed by atoms with E-state index in [2.05, 4.69) is 30.7 Å². The SMILES string of the molecule is CC(C)N1CCC(CN(C)CC(=O)N2CCOCC2)C1. The second kappa shape index (κ2) is 7.38. The molecule has 2 heterocycles. The third-order valence-corrected chi connectivity index (χ3v) is 4.39. The molecule has 2 aliphatic heterocycles. The van der Waals surface area contributed by atoms with Crippen LogP contribution < -0.4 is 0 Å². The van der Waals surface area contributed by atoms with Gasteiger partial charge in [0.25, 0.3) is 0 Å². The van der Waals surface area contributed by atoms with Crippen LogP contribution in [0.5, 0.6) is 0 Å². The fourth-order valence-electron chi connectivity index (χ4n) is 3.13. The van der Waals surface area contributed by atoms with Crippen molar-refractivity contribution in [2.45, 2.75) is 26.3 Å². The Hall–Kier alpha value is -0.650. The van der Waals surface area contributed by atoms with Gasteiger partial charge in [-0.3, -0.25) is 9.69 Å². The fraction of sp³-hybridized carbons (Fsp3) is 0.933. The number of amides is 1. The van der Waals surface area contributed by atoms with Crippen molar-refractivity contribution >= 4 is 5.91 Å². The second-order valence-corrected chi connectivity index (χ2v) is 6.43. The van der Waals surface area contributed by atoms with E-state index < -0.39 is 0 Å². The monoisotopic (exact) mass is 283 g/mol. The van der Waals surface area contributed by atoms with Crippen molar-refractivity contribution in [3.8, 4) is 0 Å². The maximum atomic E-state index is 12.2. The molecule has 0 aromatic heterocycles. The Balaban J connectivity index is 1.69. The molecule has 5 nitrogen and oxygen atoms in total. The molecule has 2 saturated heterocycles. The number of hydrogen-bond acceptors (Lipinski definition) is 4. The van der Waals surface area contributed by atoms with Crippen LogP contribution in [0.15, 0.2) is 0 Å². The summed E-state index contributed by atoms with van der Waals surface area (Å²) >= 11 is 0. The Morgan fingerprint density at radius 3 is 2.60 bits per heavy atom. The van der Waals surface area contributed by atoms with Gasteiger partial charge in [-0.1, -0.05) is 0 Å². The smallest absolute Gasteiger partial charge is 0.236 e. The van der Waals surface area contributed by atoms with E-state index in [4.69, 9.17) is 4.74 Å². The molecule has 1 amide bonds. The van der Waals surface area contributed by atoms with Crippen LogP contribution >= 0.6 is 0 Å². The lowest BCUT2D eigenvalue weighted by molar-refractivity contribution is -0.136. The number of morpholine rings is 1. The highest BCUT2D eigenvalue weighted by Gasteiger charge is 2.26. The van der Waals surface area contributed by atoms with Gasteiger partial charge in [-0.15, -0.1) is 0 Å². The molecule has 116 valence electrons. The Bertz CT molecular complexity index is 316. The van der Waals surface area contributed by atoms with Crippen LogP contribution in [-0.4, -0.2) is 86.2 Å². The molecule has 1 atom stereocenters. The molecule has 0 aromatic rings. The number of rotatable bonds is 5. The summed E-state index contributed by atoms with van der Waals surface area (Å²) in [4.78, 5) is 18.8. The Morgan fingerprint density at radius 2 is 2.00 bits per heavy atom. The minimum absolute atomic E-state index is 0.245. The summed E-state index contributed by atoms with van der Waals surface area (Å²) in [6.07, 6.45) is 1.26. The third kappa shape index (κ3) is 4.43. The summed E-state index contributed by atoms with van der Waals surface area (Å²) in [5.74, 6) is 0.953. The average Bonchev–Trinajstić information content (AvgIpc) is 2.88. The summed E-state index contributed by atoms with van der Waals surface area (Å²) in [5, 5.41) is 0. The van der Waals surface area contributed by atoms with E-state index in [0.717, 1.165) is 19.6 Å². The molecular formula is C15H29N3O2. The van der Waals surface area contributed by atoms with E-state index in [1.54, 1.807) is 0 Å². The predicted octanol–water partition coefficient (Wildman–Crippen LogP) is 0.507. The largest absolute Gasteiger partial charge is 0.378 e. The molecule has 1 unspecified atom stereocenters. The van der Waals surface area contributed by atoms with Gasteiger partial charge in [0.05, 0.1) is 19.8 Å². The molecule has 0 saturated carbocycles. The van der Waals surface area contributed by atoms with E-state index in [9.17, 15) is 4.79 Å². The number of likely N-dealkylation sites (tertiary alicyclic amines) is 1. The van der Waals surface area contributed by atoms with Crippen molar-refractivity contribution in [2.24, 2.45) is 5.92 Å². The minimum Gasteiger partial charge on any atom is -0.378 e. The van der Waals surface area contributed by atoms with Crippen LogP contribution in [0.25, 0.3) is 0 Å². The van der Waals surface area contributed by atoms with Gasteiger partial charge in [0.15, 0.2) is 0 Å². The van der Waals surface area contributed by atoms with E-state index in [-0.39, 0.29) is 5.91 Å². The van der Waals surface area contributed by atoms with Gasteiger partial charge in [0, 0.05) is 32.2 Å². The lowest BCUT2D eigenvalue weighted by Crippen LogP contribution is -2.45. The maximum absolute atomic E-state index is 12.2. The van der Waals surface area contributed by atoms with Gasteiger partial charge in [-0.05, 0) is 39.8 Å². The summed E-state index contributed by atoms with van der Waals surface area (Å²) in [5.41, 5.74) is 0. The van der Waals surface area contributed by atoms with E-state index in [1.165, 1.54) is 19.5 Å². The van der Waals surface area contributed by atoms with E-state index >= 15 is 0 Å². The molecule has 0 aliphatic carbocycles. The Kier molecular flexibility index (Phi) is 5.81. The topological polar surface area (TPSA) is 36.0 Å². The molecular weight excluding hydrogens is 254 g/mol. The maximum Gasteiger partial charge on any atom is 0.236 e. The molecule has 0 N–H and O–H groups in total. The van der Waals surface area contributed by atoms with Crippen molar-refractivity contribution < 1.29 is 9.53 Å². The molecule has 2 rings (SSSR count). The van der Waals surface area contributed by atoms with Crippen LogP contribution in [0.3, 0.4) is 0 Å². The molecule has 2 aliphatic rings. The van der Waals surface area contributed by atoms with Crippen LogP contribution in [0, 0.1) is 5.92 Å². The fourth-order valence-corrected chi connectivity index (χ4v) is 3.13. The van der Waals surface area contributed by atoms with Gasteiger partial charge < -0.3 is 14.5 Å². The van der Waals surface area contributed by atoms with Crippen molar-refractivity contribution in [1.29, 1.82) is 0 Å². The Morgan fingerprint density at radius 1 is 1.30 bits per heavy atom. The molecule has 0 spiro atoms. The zero-order chi connectivity index (χ0) is 14.5. The van der Waals surface area contributed by atoms with Gasteiger partial charge in [0.2, 0.25) is 5.91 Å². The lowest BCUT2D eigenvalue weighted by atomic mass is 10.1. The zero-order valence-electron chi connectivity index (χ0n) is 13.2. The number of carbonyl (C=O) groups excluding carboxylic acids is 1. The van der Waals surface area contributed by atoms with Gasteiger partial charge in [0.1, 0.15) is 0 Å². The third-order valence-electron chi connectivity index (χ3n) is 4.39. The second-order valence-electron chi connectivity index (χ2n) is 6.43. The van der Waals surface area contributed by atoms with Crippen LogP contribution in [0.1, 0.15) is 20.3 Å². The molecule has 0 radical (unpaired) electrons. The highest BCUT2D eigenvalue weighted by atomic mass is 16.5. The molecule has 0 bridgehead atoms. The first-order chi connectivity index (χ1) is 9.56. The number of carbonyl (C=O) groups is 1. The quantitative estimate of drug-likeness (QED) is 0.736.